The highest BCUT2D eigenvalue weighted by atomic mass is 32.2. The van der Waals surface area contributed by atoms with Gasteiger partial charge < -0.3 is 19.9 Å². The Balaban J connectivity index is 0.00000194. The quantitative estimate of drug-likeness (QED) is 0.440. The molecule has 2 aromatic carbocycles. The molecule has 1 aliphatic carbocycles. The van der Waals surface area contributed by atoms with Gasteiger partial charge in [0.25, 0.3) is 0 Å². The molecule has 0 bridgehead atoms. The van der Waals surface area contributed by atoms with Crippen LogP contribution in [-0.4, -0.2) is 53.7 Å². The molecule has 208 valence electrons. The van der Waals surface area contributed by atoms with E-state index in [0.717, 1.165) is 30.4 Å². The Bertz CT molecular complexity index is 1540. The van der Waals surface area contributed by atoms with Crippen molar-refractivity contribution in [1.29, 1.82) is 0 Å². The predicted octanol–water partition coefficient (Wildman–Crippen LogP) is 4.56. The van der Waals surface area contributed by atoms with Crippen LogP contribution in [0.15, 0.2) is 65.6 Å². The summed E-state index contributed by atoms with van der Waals surface area (Å²) in [7, 11) is -3.69. The summed E-state index contributed by atoms with van der Waals surface area (Å²) in [5.41, 5.74) is 1.58. The molecule has 3 heterocycles. The molecule has 1 saturated heterocycles. The number of benzene rings is 2. The van der Waals surface area contributed by atoms with Crippen LogP contribution in [0.25, 0.3) is 11.3 Å². The number of nitrogens with one attached hydrogen (secondary N) is 1. The lowest BCUT2D eigenvalue weighted by atomic mass is 9.94. The Morgan fingerprint density at radius 2 is 1.85 bits per heavy atom. The maximum atomic E-state index is 13.4. The number of ether oxygens (including phenoxy) is 2. The van der Waals surface area contributed by atoms with Crippen molar-refractivity contribution in [1.82, 2.24) is 9.29 Å². The molecule has 0 spiro atoms. The van der Waals surface area contributed by atoms with Crippen LogP contribution in [0.4, 0.5) is 5.82 Å². The van der Waals surface area contributed by atoms with Gasteiger partial charge in [0.2, 0.25) is 21.7 Å². The van der Waals surface area contributed by atoms with Crippen molar-refractivity contribution < 1.29 is 30.6 Å². The number of hydrogen-bond donors (Lipinski definition) is 2. The van der Waals surface area contributed by atoms with Crippen LogP contribution in [0.3, 0.4) is 0 Å². The number of rotatable bonds is 7. The van der Waals surface area contributed by atoms with E-state index in [1.54, 1.807) is 36.4 Å². The van der Waals surface area contributed by atoms with E-state index in [4.69, 9.17) is 9.47 Å². The molecular formula is C29H35N3O6S. The van der Waals surface area contributed by atoms with Gasteiger partial charge in [-0.25, -0.2) is 13.4 Å². The molecule has 0 unspecified atom stereocenters. The summed E-state index contributed by atoms with van der Waals surface area (Å²) in [5.74, 6) is 0.865. The van der Waals surface area contributed by atoms with Gasteiger partial charge in [-0.15, -0.1) is 0 Å². The zero-order valence-corrected chi connectivity index (χ0v) is 22.7. The third-order valence-corrected chi connectivity index (χ3v) is 9.64. The van der Waals surface area contributed by atoms with Crippen molar-refractivity contribution in [3.8, 4) is 22.8 Å². The maximum Gasteiger partial charge on any atom is 0.246 e. The van der Waals surface area contributed by atoms with Crippen molar-refractivity contribution in [3.05, 3.63) is 66.2 Å². The number of hydrogen-bond acceptors (Lipinski definition) is 7. The third kappa shape index (κ3) is 4.66. The number of pyridine rings is 1. The monoisotopic (exact) mass is 553 g/mol. The molecule has 10 heteroatoms. The molecule has 39 heavy (non-hydrogen) atoms. The van der Waals surface area contributed by atoms with Gasteiger partial charge >= 0.3 is 0 Å². The largest absolute Gasteiger partial charge is 0.449 e. The summed E-state index contributed by atoms with van der Waals surface area (Å²) in [6.07, 6.45) is 2.85. The van der Waals surface area contributed by atoms with E-state index in [-0.39, 0.29) is 26.3 Å². The number of carbonyl (C=O) groups excluding carboxylic acids is 1. The fraction of sp³-hybridized carbons (Fsp3) is 0.379. The highest BCUT2D eigenvalue weighted by molar-refractivity contribution is 7.89. The maximum absolute atomic E-state index is 13.4. The van der Waals surface area contributed by atoms with Gasteiger partial charge in [0.05, 0.1) is 22.6 Å². The molecule has 3 aromatic rings. The summed E-state index contributed by atoms with van der Waals surface area (Å²) in [4.78, 5) is 18.2. The summed E-state index contributed by atoms with van der Waals surface area (Å²) >= 11 is 0. The van der Waals surface area contributed by atoms with Gasteiger partial charge in [0, 0.05) is 34.9 Å². The van der Waals surface area contributed by atoms with Crippen LogP contribution in [0.5, 0.6) is 11.5 Å². The molecular weight excluding hydrogens is 518 g/mol. The highest BCUT2D eigenvalue weighted by Gasteiger charge is 2.52. The van der Waals surface area contributed by atoms with Crippen LogP contribution in [0.2, 0.25) is 0 Å². The van der Waals surface area contributed by atoms with Gasteiger partial charge in [-0.05, 0) is 67.6 Å². The number of carbonyl (C=O) groups is 1. The summed E-state index contributed by atoms with van der Waals surface area (Å²) in [5, 5.41) is 12.5. The van der Waals surface area contributed by atoms with E-state index in [1.807, 2.05) is 38.1 Å². The Morgan fingerprint density at radius 1 is 1.10 bits per heavy atom. The Morgan fingerprint density at radius 3 is 2.56 bits per heavy atom. The fourth-order valence-electron chi connectivity index (χ4n) is 5.43. The number of sulfonamides is 1. The lowest BCUT2D eigenvalue weighted by Crippen LogP contribution is -2.37. The smallest absolute Gasteiger partial charge is 0.246 e. The molecule has 2 fully saturated rings. The molecule has 1 atom stereocenters. The van der Waals surface area contributed by atoms with Gasteiger partial charge in [-0.3, -0.25) is 4.79 Å². The van der Waals surface area contributed by atoms with Gasteiger partial charge in [-0.1, -0.05) is 24.3 Å². The van der Waals surface area contributed by atoms with Gasteiger partial charge in [0.15, 0.2) is 11.5 Å². The molecule has 2 aliphatic heterocycles. The minimum atomic E-state index is -3.69. The molecule has 0 radical (unpaired) electrons. The Labute approximate surface area is 230 Å². The van der Waals surface area contributed by atoms with Crippen LogP contribution >= 0.6 is 0 Å². The fourth-order valence-corrected chi connectivity index (χ4v) is 7.12. The Kier molecular flexibility index (Phi) is 6.16. The second kappa shape index (κ2) is 9.32. The van der Waals surface area contributed by atoms with Crippen LogP contribution in [0, 0.1) is 0 Å². The number of anilines is 1. The van der Waals surface area contributed by atoms with Crippen LogP contribution in [-0.2, 0) is 20.2 Å². The number of aliphatic hydroxyl groups excluding tert-OH is 1. The van der Waals surface area contributed by atoms with E-state index in [2.05, 4.69) is 10.3 Å². The summed E-state index contributed by atoms with van der Waals surface area (Å²) in [6, 6.07) is 17.2. The molecule has 1 amide bonds. The topological polar surface area (TPSA) is 118 Å². The van der Waals surface area contributed by atoms with E-state index in [9.17, 15) is 18.3 Å². The summed E-state index contributed by atoms with van der Waals surface area (Å²) < 4.78 is 39.2. The van der Waals surface area contributed by atoms with E-state index < -0.39 is 21.2 Å². The first-order chi connectivity index (χ1) is 18.6. The second-order valence-corrected chi connectivity index (χ2v) is 12.7. The average molecular weight is 554 g/mol. The molecule has 3 aliphatic rings. The normalized spacial score (nSPS) is 21.1. The van der Waals surface area contributed by atoms with E-state index in [1.165, 1.54) is 4.31 Å². The minimum absolute atomic E-state index is 0. The highest BCUT2D eigenvalue weighted by Crippen LogP contribution is 2.52. The van der Waals surface area contributed by atoms with Crippen molar-refractivity contribution in [2.24, 2.45) is 0 Å². The first-order valence-corrected chi connectivity index (χ1v) is 14.6. The molecule has 1 aromatic heterocycles. The third-order valence-electron chi connectivity index (χ3n) is 7.67. The van der Waals surface area contributed by atoms with E-state index in [0.29, 0.717) is 36.0 Å². The number of aromatic nitrogens is 1. The van der Waals surface area contributed by atoms with Crippen molar-refractivity contribution >= 4 is 21.7 Å². The molecule has 6 rings (SSSR count). The molecule has 9 nitrogen and oxygen atoms in total. The predicted molar refractivity (Wildman–Crippen MR) is 149 cm³/mol. The van der Waals surface area contributed by atoms with Crippen LogP contribution in [0.1, 0.15) is 47.9 Å². The van der Waals surface area contributed by atoms with Crippen molar-refractivity contribution in [3.63, 3.8) is 0 Å². The molecule has 2 N–H and O–H groups in total. The number of fused-ring (bicyclic) bond motifs is 1. The standard InChI is InChI=1S/C29H31N3O6S.2H2/c1-28(2)37-24-13-10-20(17-25(24)38-28)29(14-15-29)27(34)31-26-7-3-6-23(30-26)19-8-11-22(12-9-19)39(35,36)32-16-4-5-21(32)18-33;;/h3,6-13,17,21,33H,4-5,14-16,18H2,1-2H3,(H,30,31,34);2*1H/t21-;;/m1../s1. The zero-order chi connectivity index (χ0) is 27.4. The number of amides is 1. The minimum Gasteiger partial charge on any atom is -0.449 e. The SMILES string of the molecule is CC1(C)Oc2ccc(C3(C(=O)Nc4cccc(-c5ccc(S(=O)(=O)N6CCC[C@@H]6CO)cc5)n4)CC3)cc2O1.[HH].[HH]. The van der Waals surface area contributed by atoms with Gasteiger partial charge in [-0.2, -0.15) is 4.31 Å². The summed E-state index contributed by atoms with van der Waals surface area (Å²) in [6.45, 7) is 3.91. The lowest BCUT2D eigenvalue weighted by Gasteiger charge is -2.22. The number of aliphatic hydroxyl groups is 1. The van der Waals surface area contributed by atoms with Crippen LogP contribution < -0.4 is 14.8 Å². The van der Waals surface area contributed by atoms with Gasteiger partial charge in [0.1, 0.15) is 5.82 Å². The van der Waals surface area contributed by atoms with Crippen molar-refractivity contribution in [2.45, 2.75) is 61.7 Å². The Hall–Kier alpha value is -3.47. The second-order valence-electron chi connectivity index (χ2n) is 10.8. The zero-order valence-electron chi connectivity index (χ0n) is 21.9. The number of nitrogens with zero attached hydrogens (tertiary/aromatic N) is 2. The average Bonchev–Trinajstić information content (AvgIpc) is 3.47. The van der Waals surface area contributed by atoms with E-state index >= 15 is 0 Å². The lowest BCUT2D eigenvalue weighted by molar-refractivity contribution is -0.118. The first-order valence-electron chi connectivity index (χ1n) is 13.2. The molecule has 1 saturated carbocycles. The van der Waals surface area contributed by atoms with Crippen molar-refractivity contribution in [2.75, 3.05) is 18.5 Å². The first kappa shape index (κ1) is 25.8.